The molecule has 11 heteroatoms. The molecule has 2 aromatic carbocycles. The number of rotatable bonds is 9. The molecule has 2 aromatic rings. The van der Waals surface area contributed by atoms with Crippen molar-refractivity contribution in [2.24, 2.45) is 10.3 Å². The van der Waals surface area contributed by atoms with E-state index < -0.39 is 12.1 Å². The Morgan fingerprint density at radius 3 is 2.54 bits per heavy atom. The van der Waals surface area contributed by atoms with Crippen molar-refractivity contribution in [2.75, 3.05) is 27.6 Å². The first-order chi connectivity index (χ1) is 17.1. The number of hydrogen-bond acceptors (Lipinski definition) is 10. The maximum absolute atomic E-state index is 12.4. The molecule has 0 saturated heterocycles. The summed E-state index contributed by atoms with van der Waals surface area (Å²) in [6, 6.07) is 8.70. The van der Waals surface area contributed by atoms with E-state index in [0.717, 1.165) is 0 Å². The maximum Gasteiger partial charge on any atom is 0.356 e. The quantitative estimate of drug-likeness (QED) is 0.327. The number of carbonyl (C=O) groups excluding carboxylic acids is 2. The number of fused-ring (bicyclic) bond motifs is 1. The molecule has 0 bridgehead atoms. The first-order valence-electron chi connectivity index (χ1n) is 10.9. The van der Waals surface area contributed by atoms with Crippen molar-refractivity contribution < 1.29 is 38.1 Å². The average molecular weight is 483 g/mol. The van der Waals surface area contributed by atoms with Crippen LogP contribution in [-0.4, -0.2) is 57.5 Å². The lowest BCUT2D eigenvalue weighted by Gasteiger charge is -2.19. The summed E-state index contributed by atoms with van der Waals surface area (Å²) in [5.74, 6) is 0.615. The lowest BCUT2D eigenvalue weighted by molar-refractivity contribution is -0.135. The van der Waals surface area contributed by atoms with E-state index in [4.69, 9.17) is 28.5 Å². The summed E-state index contributed by atoms with van der Waals surface area (Å²) in [4.78, 5) is 29.9. The molecule has 0 saturated carbocycles. The van der Waals surface area contributed by atoms with E-state index in [-0.39, 0.29) is 37.9 Å². The zero-order chi connectivity index (χ0) is 24.8. The standard InChI is InChI=1S/C24H25N3O8/c1-4-32-24(29)18-11-15(35-27-18)10-16-17(12-25-26-23(28)14-8-6-5-7-9-14)20(31-3)22-21(19(16)30-2)33-13-34-22/h5-9,12,15H,4,10-11,13H2,1-3H3,(H,26,28)/b25-12+/t15-/m0/s1. The van der Waals surface area contributed by atoms with Crippen LogP contribution in [-0.2, 0) is 20.8 Å². The van der Waals surface area contributed by atoms with Crippen LogP contribution in [0.5, 0.6) is 23.0 Å². The maximum atomic E-state index is 12.4. The molecule has 184 valence electrons. The number of nitrogens with one attached hydrogen (secondary N) is 1. The van der Waals surface area contributed by atoms with E-state index in [1.165, 1.54) is 20.4 Å². The Kier molecular flexibility index (Phi) is 7.34. The summed E-state index contributed by atoms with van der Waals surface area (Å²) in [5, 5.41) is 8.00. The monoisotopic (exact) mass is 483 g/mol. The molecule has 4 rings (SSSR count). The fourth-order valence-electron chi connectivity index (χ4n) is 3.80. The van der Waals surface area contributed by atoms with Gasteiger partial charge in [0.2, 0.25) is 18.3 Å². The number of oxime groups is 1. The second-order valence-corrected chi connectivity index (χ2v) is 7.48. The highest BCUT2D eigenvalue weighted by molar-refractivity contribution is 6.36. The number of nitrogens with zero attached hydrogens (tertiary/aromatic N) is 2. The highest BCUT2D eigenvalue weighted by Crippen LogP contribution is 2.52. The largest absolute Gasteiger partial charge is 0.492 e. The molecule has 2 aliphatic rings. The summed E-state index contributed by atoms with van der Waals surface area (Å²) in [6.07, 6.45) is 1.50. The van der Waals surface area contributed by atoms with Gasteiger partial charge in [-0.15, -0.1) is 0 Å². The lowest BCUT2D eigenvalue weighted by Crippen LogP contribution is -2.20. The number of hydrogen-bond donors (Lipinski definition) is 1. The van der Waals surface area contributed by atoms with Gasteiger partial charge < -0.3 is 28.5 Å². The van der Waals surface area contributed by atoms with Crippen LogP contribution in [0.25, 0.3) is 0 Å². The van der Waals surface area contributed by atoms with Gasteiger partial charge in [-0.1, -0.05) is 23.4 Å². The van der Waals surface area contributed by atoms with Crippen molar-refractivity contribution in [2.45, 2.75) is 25.9 Å². The molecule has 0 aromatic heterocycles. The number of esters is 1. The minimum Gasteiger partial charge on any atom is -0.492 e. The molecule has 0 aliphatic carbocycles. The number of ether oxygens (including phenoxy) is 5. The van der Waals surface area contributed by atoms with Gasteiger partial charge in [-0.25, -0.2) is 10.2 Å². The summed E-state index contributed by atoms with van der Waals surface area (Å²) in [5.41, 5.74) is 4.29. The molecular formula is C24H25N3O8. The van der Waals surface area contributed by atoms with Gasteiger partial charge in [-0.05, 0) is 19.1 Å². The molecule has 0 spiro atoms. The van der Waals surface area contributed by atoms with Crippen LogP contribution in [0, 0.1) is 0 Å². The van der Waals surface area contributed by atoms with Crippen LogP contribution >= 0.6 is 0 Å². The Morgan fingerprint density at radius 2 is 1.86 bits per heavy atom. The smallest absolute Gasteiger partial charge is 0.356 e. The molecule has 2 heterocycles. The third kappa shape index (κ3) is 4.98. The molecule has 11 nitrogen and oxygen atoms in total. The van der Waals surface area contributed by atoms with Gasteiger partial charge in [0.05, 0.1) is 27.0 Å². The van der Waals surface area contributed by atoms with Crippen LogP contribution in [0.1, 0.15) is 34.8 Å². The van der Waals surface area contributed by atoms with Gasteiger partial charge in [0.15, 0.2) is 17.2 Å². The van der Waals surface area contributed by atoms with Crippen LogP contribution in [0.15, 0.2) is 40.6 Å². The third-order valence-electron chi connectivity index (χ3n) is 5.35. The van der Waals surface area contributed by atoms with E-state index >= 15 is 0 Å². The Balaban J connectivity index is 1.64. The number of amides is 1. The van der Waals surface area contributed by atoms with Gasteiger partial charge in [0.25, 0.3) is 5.91 Å². The highest BCUT2D eigenvalue weighted by Gasteiger charge is 2.34. The minimum absolute atomic E-state index is 0.0110. The zero-order valence-electron chi connectivity index (χ0n) is 19.5. The summed E-state index contributed by atoms with van der Waals surface area (Å²) >= 11 is 0. The number of carbonyl (C=O) groups is 2. The van der Waals surface area contributed by atoms with Gasteiger partial charge in [0.1, 0.15) is 6.10 Å². The van der Waals surface area contributed by atoms with Crippen LogP contribution in [0.4, 0.5) is 0 Å². The highest BCUT2D eigenvalue weighted by atomic mass is 16.7. The fourth-order valence-corrected chi connectivity index (χ4v) is 3.80. The van der Waals surface area contributed by atoms with E-state index in [1.54, 1.807) is 31.2 Å². The van der Waals surface area contributed by atoms with Crippen LogP contribution < -0.4 is 24.4 Å². The zero-order valence-corrected chi connectivity index (χ0v) is 19.5. The minimum atomic E-state index is -0.518. The Hall–Kier alpha value is -4.28. The molecule has 1 N–H and O–H groups in total. The average Bonchev–Trinajstić information content (AvgIpc) is 3.55. The normalized spacial score (nSPS) is 16.0. The van der Waals surface area contributed by atoms with Gasteiger partial charge in [-0.2, -0.15) is 5.10 Å². The number of benzene rings is 2. The number of methoxy groups -OCH3 is 2. The van der Waals surface area contributed by atoms with Gasteiger partial charge in [0, 0.05) is 29.5 Å². The van der Waals surface area contributed by atoms with E-state index in [0.29, 0.717) is 39.7 Å². The van der Waals surface area contributed by atoms with Gasteiger partial charge in [-0.3, -0.25) is 4.79 Å². The molecule has 0 radical (unpaired) electrons. The molecule has 0 unspecified atom stereocenters. The van der Waals surface area contributed by atoms with E-state index in [9.17, 15) is 9.59 Å². The Bertz CT molecular complexity index is 1160. The van der Waals surface area contributed by atoms with Crippen molar-refractivity contribution in [3.63, 3.8) is 0 Å². The first kappa shape index (κ1) is 23.9. The van der Waals surface area contributed by atoms with Crippen molar-refractivity contribution in [1.29, 1.82) is 0 Å². The summed E-state index contributed by atoms with van der Waals surface area (Å²) in [7, 11) is 2.99. The SMILES string of the molecule is CCOC(=O)C1=NO[C@@H](Cc2c(/C=N/NC(=O)c3ccccc3)c(OC)c3c(c2OC)OCO3)C1. The topological polar surface area (TPSA) is 126 Å². The fraction of sp³-hybridized carbons (Fsp3) is 0.333. The predicted molar refractivity (Wildman–Crippen MR) is 124 cm³/mol. The van der Waals surface area contributed by atoms with Crippen molar-refractivity contribution in [1.82, 2.24) is 5.43 Å². The predicted octanol–water partition coefficient (Wildman–Crippen LogP) is 2.45. The van der Waals surface area contributed by atoms with Crippen molar-refractivity contribution >= 4 is 23.8 Å². The summed E-state index contributed by atoms with van der Waals surface area (Å²) < 4.78 is 27.5. The van der Waals surface area contributed by atoms with Crippen LogP contribution in [0.2, 0.25) is 0 Å². The lowest BCUT2D eigenvalue weighted by atomic mass is 9.96. The molecule has 35 heavy (non-hydrogen) atoms. The molecular weight excluding hydrogens is 458 g/mol. The molecule has 1 amide bonds. The van der Waals surface area contributed by atoms with Crippen molar-refractivity contribution in [3.05, 3.63) is 47.0 Å². The van der Waals surface area contributed by atoms with Crippen LogP contribution in [0.3, 0.4) is 0 Å². The Labute approximate surface area is 201 Å². The second kappa shape index (κ2) is 10.8. The summed E-state index contributed by atoms with van der Waals surface area (Å²) in [6.45, 7) is 1.95. The third-order valence-corrected chi connectivity index (χ3v) is 5.35. The molecule has 1 atom stereocenters. The number of hydrazone groups is 1. The van der Waals surface area contributed by atoms with Crippen molar-refractivity contribution in [3.8, 4) is 23.0 Å². The van der Waals surface area contributed by atoms with E-state index in [2.05, 4.69) is 15.7 Å². The second-order valence-electron chi connectivity index (χ2n) is 7.48. The first-order valence-corrected chi connectivity index (χ1v) is 10.9. The Morgan fingerprint density at radius 1 is 1.14 bits per heavy atom. The molecule has 0 fully saturated rings. The molecule has 2 aliphatic heterocycles. The van der Waals surface area contributed by atoms with Gasteiger partial charge >= 0.3 is 5.97 Å². The van der Waals surface area contributed by atoms with E-state index in [1.807, 2.05) is 6.07 Å².